The minimum absolute atomic E-state index is 0.0322. The van der Waals surface area contributed by atoms with E-state index in [9.17, 15) is 0 Å². The van der Waals surface area contributed by atoms with Crippen LogP contribution in [0.5, 0.6) is 5.75 Å². The highest BCUT2D eigenvalue weighted by atomic mass is 16.5. The van der Waals surface area contributed by atoms with Crippen molar-refractivity contribution in [2.45, 2.75) is 39.4 Å². The summed E-state index contributed by atoms with van der Waals surface area (Å²) in [5.74, 6) is 0.899. The van der Waals surface area contributed by atoms with Crippen LogP contribution in [-0.2, 0) is 4.74 Å². The average Bonchev–Trinajstić information content (AvgIpc) is 2.34. The zero-order valence-corrected chi connectivity index (χ0v) is 11.0. The summed E-state index contributed by atoms with van der Waals surface area (Å²) in [6.45, 7) is 7.37. The smallest absolute Gasteiger partial charge is 0.119 e. The Balaban J connectivity index is 2.64. The third kappa shape index (κ3) is 4.75. The lowest BCUT2D eigenvalue weighted by Crippen LogP contribution is -2.19. The van der Waals surface area contributed by atoms with Crippen LogP contribution in [0.3, 0.4) is 0 Å². The predicted octanol–water partition coefficient (Wildman–Crippen LogP) is 2.90. The monoisotopic (exact) mass is 237 g/mol. The Bertz CT molecular complexity index is 309. The number of hydrogen-bond donors (Lipinski definition) is 1. The fraction of sp³-hybridized carbons (Fsp3) is 0.571. The first kappa shape index (κ1) is 14.0. The Hall–Kier alpha value is -1.06. The number of benzene rings is 1. The lowest BCUT2D eigenvalue weighted by atomic mass is 10.1. The predicted molar refractivity (Wildman–Crippen MR) is 70.2 cm³/mol. The molecule has 0 amide bonds. The van der Waals surface area contributed by atoms with Gasteiger partial charge >= 0.3 is 0 Å². The zero-order valence-electron chi connectivity index (χ0n) is 11.0. The van der Waals surface area contributed by atoms with Crippen molar-refractivity contribution >= 4 is 0 Å². The third-order valence-electron chi connectivity index (χ3n) is 2.38. The van der Waals surface area contributed by atoms with Crippen molar-refractivity contribution in [2.24, 2.45) is 5.73 Å². The molecule has 0 aromatic heterocycles. The molecule has 0 bridgehead atoms. The summed E-state index contributed by atoms with van der Waals surface area (Å²) in [4.78, 5) is 0. The summed E-state index contributed by atoms with van der Waals surface area (Å²) >= 11 is 0. The van der Waals surface area contributed by atoms with E-state index in [1.165, 1.54) is 0 Å². The molecular weight excluding hydrogens is 214 g/mol. The Kier molecular flexibility index (Phi) is 6.01. The summed E-state index contributed by atoms with van der Waals surface area (Å²) in [7, 11) is 0. The van der Waals surface area contributed by atoms with Gasteiger partial charge in [0.15, 0.2) is 0 Å². The van der Waals surface area contributed by atoms with Crippen molar-refractivity contribution in [3.63, 3.8) is 0 Å². The van der Waals surface area contributed by atoms with Gasteiger partial charge in [0.05, 0.1) is 18.8 Å². The molecule has 0 radical (unpaired) electrons. The largest absolute Gasteiger partial charge is 0.494 e. The van der Waals surface area contributed by atoms with E-state index in [4.69, 9.17) is 15.2 Å². The fourth-order valence-corrected chi connectivity index (χ4v) is 1.60. The van der Waals surface area contributed by atoms with Crippen LogP contribution < -0.4 is 10.5 Å². The maximum atomic E-state index is 5.74. The molecule has 1 unspecified atom stereocenters. The average molecular weight is 237 g/mol. The molecule has 1 aromatic carbocycles. The van der Waals surface area contributed by atoms with E-state index >= 15 is 0 Å². The summed E-state index contributed by atoms with van der Waals surface area (Å²) in [6.07, 6.45) is 1.17. The zero-order chi connectivity index (χ0) is 12.7. The van der Waals surface area contributed by atoms with Crippen molar-refractivity contribution in [3.8, 4) is 5.75 Å². The van der Waals surface area contributed by atoms with E-state index in [1.807, 2.05) is 38.1 Å². The highest BCUT2D eigenvalue weighted by molar-refractivity contribution is 5.28. The molecule has 0 heterocycles. The quantitative estimate of drug-likeness (QED) is 0.793. The second kappa shape index (κ2) is 7.30. The van der Waals surface area contributed by atoms with Gasteiger partial charge < -0.3 is 15.2 Å². The van der Waals surface area contributed by atoms with Crippen molar-refractivity contribution in [1.29, 1.82) is 0 Å². The van der Waals surface area contributed by atoms with E-state index in [0.717, 1.165) is 24.3 Å². The minimum Gasteiger partial charge on any atom is -0.494 e. The maximum absolute atomic E-state index is 5.74. The van der Waals surface area contributed by atoms with Crippen LogP contribution in [0, 0.1) is 0 Å². The van der Waals surface area contributed by atoms with Crippen molar-refractivity contribution in [1.82, 2.24) is 0 Å². The van der Waals surface area contributed by atoms with E-state index in [2.05, 4.69) is 6.92 Å². The highest BCUT2D eigenvalue weighted by Crippen LogP contribution is 2.21. The molecule has 0 saturated heterocycles. The number of ether oxygens (including phenoxy) is 2. The molecule has 1 atom stereocenters. The van der Waals surface area contributed by atoms with E-state index in [1.54, 1.807) is 0 Å². The van der Waals surface area contributed by atoms with Gasteiger partial charge in [0.2, 0.25) is 0 Å². The first-order valence-corrected chi connectivity index (χ1v) is 6.25. The molecule has 3 nitrogen and oxygen atoms in total. The SMILES string of the molecule is CCCOc1ccc(C(CN)OC(C)C)cc1. The van der Waals surface area contributed by atoms with Crippen LogP contribution >= 0.6 is 0 Å². The van der Waals surface area contributed by atoms with Gasteiger partial charge in [0.25, 0.3) is 0 Å². The fourth-order valence-electron chi connectivity index (χ4n) is 1.60. The lowest BCUT2D eigenvalue weighted by Gasteiger charge is -2.19. The Labute approximate surface area is 104 Å². The van der Waals surface area contributed by atoms with Crippen LogP contribution in [0.25, 0.3) is 0 Å². The molecule has 0 spiro atoms. The van der Waals surface area contributed by atoms with Crippen LogP contribution in [-0.4, -0.2) is 19.3 Å². The molecule has 1 aromatic rings. The maximum Gasteiger partial charge on any atom is 0.119 e. The number of nitrogens with two attached hydrogens (primary N) is 1. The van der Waals surface area contributed by atoms with Crippen molar-refractivity contribution < 1.29 is 9.47 Å². The lowest BCUT2D eigenvalue weighted by molar-refractivity contribution is 0.0119. The molecule has 0 fully saturated rings. The van der Waals surface area contributed by atoms with Gasteiger partial charge in [0.1, 0.15) is 5.75 Å². The minimum atomic E-state index is -0.0322. The van der Waals surface area contributed by atoms with Gasteiger partial charge in [-0.3, -0.25) is 0 Å². The van der Waals surface area contributed by atoms with E-state index in [0.29, 0.717) is 6.54 Å². The van der Waals surface area contributed by atoms with Gasteiger partial charge in [-0.05, 0) is 38.0 Å². The van der Waals surface area contributed by atoms with Crippen LogP contribution in [0.15, 0.2) is 24.3 Å². The molecule has 0 aliphatic rings. The van der Waals surface area contributed by atoms with Gasteiger partial charge in [0, 0.05) is 6.54 Å². The molecule has 0 aliphatic carbocycles. The summed E-state index contributed by atoms with van der Waals surface area (Å²) < 4.78 is 11.3. The van der Waals surface area contributed by atoms with Crippen LogP contribution in [0.1, 0.15) is 38.9 Å². The Morgan fingerprint density at radius 2 is 1.82 bits per heavy atom. The Morgan fingerprint density at radius 3 is 2.29 bits per heavy atom. The van der Waals surface area contributed by atoms with Crippen molar-refractivity contribution in [3.05, 3.63) is 29.8 Å². The topological polar surface area (TPSA) is 44.5 Å². The molecule has 0 aliphatic heterocycles. The highest BCUT2D eigenvalue weighted by Gasteiger charge is 2.11. The van der Waals surface area contributed by atoms with Crippen molar-refractivity contribution in [2.75, 3.05) is 13.2 Å². The second-order valence-corrected chi connectivity index (χ2v) is 4.33. The standard InChI is InChI=1S/C14H23NO2/c1-4-9-16-13-7-5-12(6-8-13)14(10-15)17-11(2)3/h5-8,11,14H,4,9-10,15H2,1-3H3. The van der Waals surface area contributed by atoms with E-state index < -0.39 is 0 Å². The van der Waals surface area contributed by atoms with Gasteiger partial charge in [-0.25, -0.2) is 0 Å². The molecule has 96 valence electrons. The first-order chi connectivity index (χ1) is 8.17. The third-order valence-corrected chi connectivity index (χ3v) is 2.38. The first-order valence-electron chi connectivity index (χ1n) is 6.25. The van der Waals surface area contributed by atoms with Crippen LogP contribution in [0.4, 0.5) is 0 Å². The molecular formula is C14H23NO2. The summed E-state index contributed by atoms with van der Waals surface area (Å²) in [5, 5.41) is 0. The molecule has 0 saturated carbocycles. The van der Waals surface area contributed by atoms with Crippen LogP contribution in [0.2, 0.25) is 0 Å². The molecule has 3 heteroatoms. The summed E-state index contributed by atoms with van der Waals surface area (Å²) in [6, 6.07) is 7.98. The van der Waals surface area contributed by atoms with Gasteiger partial charge in [-0.1, -0.05) is 19.1 Å². The Morgan fingerprint density at radius 1 is 1.18 bits per heavy atom. The summed E-state index contributed by atoms with van der Waals surface area (Å²) in [5.41, 5.74) is 6.82. The molecule has 1 rings (SSSR count). The second-order valence-electron chi connectivity index (χ2n) is 4.33. The number of rotatable bonds is 7. The van der Waals surface area contributed by atoms with Gasteiger partial charge in [-0.2, -0.15) is 0 Å². The molecule has 2 N–H and O–H groups in total. The molecule has 17 heavy (non-hydrogen) atoms. The van der Waals surface area contributed by atoms with E-state index in [-0.39, 0.29) is 12.2 Å². The normalized spacial score (nSPS) is 12.8. The number of hydrogen-bond acceptors (Lipinski definition) is 3. The van der Waals surface area contributed by atoms with Gasteiger partial charge in [-0.15, -0.1) is 0 Å².